The summed E-state index contributed by atoms with van der Waals surface area (Å²) < 4.78 is 5.33. The molecule has 0 bridgehead atoms. The molecule has 1 aliphatic carbocycles. The molecule has 1 amide bonds. The lowest BCUT2D eigenvalue weighted by molar-refractivity contribution is -0.122. The number of hydrogen-bond donors (Lipinski definition) is 1. The first-order chi connectivity index (χ1) is 14.7. The van der Waals surface area contributed by atoms with E-state index in [0.717, 1.165) is 34.8 Å². The summed E-state index contributed by atoms with van der Waals surface area (Å²) in [5.74, 6) is 0.601. The Hall–Kier alpha value is -3.08. The van der Waals surface area contributed by atoms with E-state index in [2.05, 4.69) is 19.2 Å². The molecule has 5 heteroatoms. The topological polar surface area (TPSA) is 58.6 Å². The molecule has 2 aromatic rings. The van der Waals surface area contributed by atoms with Crippen molar-refractivity contribution in [3.8, 4) is 5.75 Å². The highest BCUT2D eigenvalue weighted by Gasteiger charge is 2.43. The van der Waals surface area contributed by atoms with Crippen LogP contribution in [0.2, 0.25) is 0 Å². The molecule has 0 fully saturated rings. The molecule has 1 aliphatic heterocycles. The summed E-state index contributed by atoms with van der Waals surface area (Å²) in [6.07, 6.45) is 1.21. The van der Waals surface area contributed by atoms with Gasteiger partial charge in [0.05, 0.1) is 24.5 Å². The third-order valence-electron chi connectivity index (χ3n) is 6.06. The molecule has 1 heterocycles. The number of Topliss-reactive ketones (excluding diaryl/α,β-unsaturated/α-hetero) is 1. The van der Waals surface area contributed by atoms with Gasteiger partial charge in [0.2, 0.25) is 5.91 Å². The minimum Gasteiger partial charge on any atom is -0.497 e. The van der Waals surface area contributed by atoms with Gasteiger partial charge in [-0.2, -0.15) is 0 Å². The Morgan fingerprint density at radius 3 is 2.42 bits per heavy atom. The average molecular weight is 419 g/mol. The van der Waals surface area contributed by atoms with E-state index >= 15 is 0 Å². The monoisotopic (exact) mass is 418 g/mol. The molecule has 2 aliphatic rings. The van der Waals surface area contributed by atoms with Gasteiger partial charge < -0.3 is 10.1 Å². The number of ether oxygens (including phenoxy) is 1. The zero-order valence-electron chi connectivity index (χ0n) is 18.9. The molecule has 4 rings (SSSR count). The van der Waals surface area contributed by atoms with Gasteiger partial charge in [-0.3, -0.25) is 14.5 Å². The van der Waals surface area contributed by atoms with Gasteiger partial charge in [-0.05, 0) is 41.7 Å². The smallest absolute Gasteiger partial charge is 0.230 e. The molecule has 2 aromatic carbocycles. The Morgan fingerprint density at radius 2 is 1.77 bits per heavy atom. The number of hydrogen-bond acceptors (Lipinski definition) is 4. The fourth-order valence-electron chi connectivity index (χ4n) is 4.61. The lowest BCUT2D eigenvalue weighted by Gasteiger charge is -2.37. The third-order valence-corrected chi connectivity index (χ3v) is 6.06. The maximum atomic E-state index is 13.6. The van der Waals surface area contributed by atoms with Crippen molar-refractivity contribution in [3.63, 3.8) is 0 Å². The Kier molecular flexibility index (Phi) is 5.38. The quantitative estimate of drug-likeness (QED) is 0.716. The standard InChI is InChI=1S/C26H30N2O3/c1-16(2)25(30)28-21-9-7-6-8-19(21)27-20-14-26(3,4)15-22(29)23(20)24(28)17-10-12-18(31-5)13-11-17/h6-13,16,24,27H,14-15H2,1-5H3/t24-/m0/s1. The van der Waals surface area contributed by atoms with Crippen molar-refractivity contribution in [1.29, 1.82) is 0 Å². The fourth-order valence-corrected chi connectivity index (χ4v) is 4.61. The Morgan fingerprint density at radius 1 is 1.10 bits per heavy atom. The number of rotatable bonds is 3. The predicted molar refractivity (Wildman–Crippen MR) is 123 cm³/mol. The summed E-state index contributed by atoms with van der Waals surface area (Å²) in [7, 11) is 1.63. The number of nitrogens with one attached hydrogen (secondary N) is 1. The largest absolute Gasteiger partial charge is 0.497 e. The first kappa shape index (κ1) is 21.2. The van der Waals surface area contributed by atoms with Crippen LogP contribution in [-0.4, -0.2) is 18.8 Å². The van der Waals surface area contributed by atoms with Gasteiger partial charge >= 0.3 is 0 Å². The van der Waals surface area contributed by atoms with Gasteiger partial charge in [0, 0.05) is 23.6 Å². The average Bonchev–Trinajstić information content (AvgIpc) is 2.86. The summed E-state index contributed by atoms with van der Waals surface area (Å²) >= 11 is 0. The van der Waals surface area contributed by atoms with Crippen molar-refractivity contribution in [2.24, 2.45) is 11.3 Å². The number of methoxy groups -OCH3 is 1. The number of amides is 1. The summed E-state index contributed by atoms with van der Waals surface area (Å²) in [5, 5.41) is 3.53. The Balaban J connectivity index is 2.00. The van der Waals surface area contributed by atoms with Crippen molar-refractivity contribution in [3.05, 3.63) is 65.4 Å². The number of carbonyl (C=O) groups excluding carboxylic acids is 2. The highest BCUT2D eigenvalue weighted by Crippen LogP contribution is 2.48. The second-order valence-electron chi connectivity index (χ2n) is 9.51. The molecule has 0 unspecified atom stereocenters. The SMILES string of the molecule is COc1ccc([C@H]2C3=C(CC(C)(C)CC3=O)Nc3ccccc3N2C(=O)C(C)C)cc1. The number of carbonyl (C=O) groups is 2. The van der Waals surface area contributed by atoms with E-state index in [4.69, 9.17) is 4.74 Å². The van der Waals surface area contributed by atoms with Gasteiger partial charge in [0.25, 0.3) is 0 Å². The van der Waals surface area contributed by atoms with Gasteiger partial charge in [-0.15, -0.1) is 0 Å². The number of fused-ring (bicyclic) bond motifs is 1. The highest BCUT2D eigenvalue weighted by molar-refractivity contribution is 6.06. The van der Waals surface area contributed by atoms with E-state index in [9.17, 15) is 9.59 Å². The van der Waals surface area contributed by atoms with Gasteiger partial charge in [0.15, 0.2) is 5.78 Å². The Bertz CT molecular complexity index is 1050. The van der Waals surface area contributed by atoms with Crippen LogP contribution in [0.15, 0.2) is 59.8 Å². The van der Waals surface area contributed by atoms with Crippen LogP contribution in [0.4, 0.5) is 11.4 Å². The van der Waals surface area contributed by atoms with Crippen molar-refractivity contribution in [2.75, 3.05) is 17.3 Å². The van der Waals surface area contributed by atoms with Gasteiger partial charge in [0.1, 0.15) is 5.75 Å². The number of para-hydroxylation sites is 2. The van der Waals surface area contributed by atoms with Crippen molar-refractivity contribution in [1.82, 2.24) is 0 Å². The number of allylic oxidation sites excluding steroid dienone is 1. The van der Waals surface area contributed by atoms with E-state index in [0.29, 0.717) is 12.0 Å². The van der Waals surface area contributed by atoms with E-state index < -0.39 is 6.04 Å². The van der Waals surface area contributed by atoms with Gasteiger partial charge in [-0.25, -0.2) is 0 Å². The van der Waals surface area contributed by atoms with Crippen molar-refractivity contribution >= 4 is 23.1 Å². The predicted octanol–water partition coefficient (Wildman–Crippen LogP) is 5.49. The zero-order chi connectivity index (χ0) is 22.3. The number of ketones is 1. The fraction of sp³-hybridized carbons (Fsp3) is 0.385. The number of benzene rings is 2. The number of anilines is 2. The van der Waals surface area contributed by atoms with E-state index in [1.54, 1.807) is 7.11 Å². The summed E-state index contributed by atoms with van der Waals surface area (Å²) in [4.78, 5) is 28.9. The first-order valence-electron chi connectivity index (χ1n) is 10.8. The lowest BCUT2D eigenvalue weighted by atomic mass is 9.73. The van der Waals surface area contributed by atoms with Crippen molar-refractivity contribution < 1.29 is 14.3 Å². The maximum Gasteiger partial charge on any atom is 0.230 e. The van der Waals surface area contributed by atoms with Crippen LogP contribution in [0, 0.1) is 11.3 Å². The summed E-state index contributed by atoms with van der Waals surface area (Å²) in [5.41, 5.74) is 4.00. The van der Waals surface area contributed by atoms with Crippen LogP contribution < -0.4 is 15.0 Å². The van der Waals surface area contributed by atoms with Crippen LogP contribution in [0.3, 0.4) is 0 Å². The summed E-state index contributed by atoms with van der Waals surface area (Å²) in [6.45, 7) is 8.03. The normalized spacial score (nSPS) is 20.0. The highest BCUT2D eigenvalue weighted by atomic mass is 16.5. The minimum absolute atomic E-state index is 0.0125. The second-order valence-corrected chi connectivity index (χ2v) is 9.51. The van der Waals surface area contributed by atoms with Gasteiger partial charge in [-0.1, -0.05) is 52.0 Å². The van der Waals surface area contributed by atoms with Crippen molar-refractivity contribution in [2.45, 2.75) is 46.6 Å². The maximum absolute atomic E-state index is 13.6. The third kappa shape index (κ3) is 3.85. The van der Waals surface area contributed by atoms with E-state index in [1.807, 2.05) is 67.3 Å². The first-order valence-corrected chi connectivity index (χ1v) is 10.8. The molecule has 0 saturated heterocycles. The molecule has 162 valence electrons. The molecule has 1 N–H and O–H groups in total. The molecule has 31 heavy (non-hydrogen) atoms. The molecule has 5 nitrogen and oxygen atoms in total. The van der Waals surface area contributed by atoms with E-state index in [-0.39, 0.29) is 23.0 Å². The molecule has 0 spiro atoms. The van der Waals surface area contributed by atoms with Crippen LogP contribution in [0.1, 0.15) is 52.1 Å². The molecule has 0 saturated carbocycles. The lowest BCUT2D eigenvalue weighted by Crippen LogP contribution is -2.41. The van der Waals surface area contributed by atoms with Crippen LogP contribution in [-0.2, 0) is 9.59 Å². The summed E-state index contributed by atoms with van der Waals surface area (Å²) in [6, 6.07) is 15.0. The minimum atomic E-state index is -0.490. The molecular formula is C26H30N2O3. The molecule has 0 aromatic heterocycles. The number of nitrogens with zero attached hydrogens (tertiary/aromatic N) is 1. The molecule has 1 atom stereocenters. The Labute approximate surface area is 184 Å². The molecular weight excluding hydrogens is 388 g/mol. The van der Waals surface area contributed by atoms with Crippen LogP contribution in [0.25, 0.3) is 0 Å². The zero-order valence-corrected chi connectivity index (χ0v) is 18.9. The van der Waals surface area contributed by atoms with E-state index in [1.165, 1.54) is 0 Å². The van der Waals surface area contributed by atoms with Crippen LogP contribution in [0.5, 0.6) is 5.75 Å². The molecule has 0 radical (unpaired) electrons. The second kappa shape index (κ2) is 7.88. The van der Waals surface area contributed by atoms with Crippen LogP contribution >= 0.6 is 0 Å².